The first kappa shape index (κ1) is 19.7. The number of nitro benzene ring substituents is 1. The van der Waals surface area contributed by atoms with Crippen LogP contribution in [0.5, 0.6) is 0 Å². The second-order valence-electron chi connectivity index (χ2n) is 8.08. The Labute approximate surface area is 191 Å². The highest BCUT2D eigenvalue weighted by atomic mass is 16.6. The molecule has 1 atom stereocenters. The van der Waals surface area contributed by atoms with E-state index in [1.54, 1.807) is 18.3 Å². The summed E-state index contributed by atoms with van der Waals surface area (Å²) in [4.78, 5) is 40.9. The number of fused-ring (bicyclic) bond motifs is 5. The molecule has 166 valence electrons. The predicted molar refractivity (Wildman–Crippen MR) is 129 cm³/mol. The Morgan fingerprint density at radius 2 is 1.71 bits per heavy atom. The molecule has 9 heteroatoms. The Bertz CT molecular complexity index is 1720. The highest BCUT2D eigenvalue weighted by molar-refractivity contribution is 5.90. The monoisotopic (exact) mass is 451 g/mol. The van der Waals surface area contributed by atoms with Crippen LogP contribution in [-0.2, 0) is 0 Å². The molecule has 9 nitrogen and oxygen atoms in total. The van der Waals surface area contributed by atoms with E-state index in [1.165, 1.54) is 12.1 Å². The molecule has 6 rings (SSSR count). The summed E-state index contributed by atoms with van der Waals surface area (Å²) >= 11 is 0. The molecule has 34 heavy (non-hydrogen) atoms. The highest BCUT2D eigenvalue weighted by Crippen LogP contribution is 2.44. The van der Waals surface area contributed by atoms with Crippen LogP contribution in [0.3, 0.4) is 0 Å². The van der Waals surface area contributed by atoms with Crippen molar-refractivity contribution in [2.45, 2.75) is 6.04 Å². The van der Waals surface area contributed by atoms with Gasteiger partial charge in [0.25, 0.3) is 11.2 Å². The SMILES string of the molecule is O=c1[nH]c(=O)c2cn3c(c2[nH]1)C(c1cccc([N+](=O)[O-])c1)Nc1cccc(-c2ccccc2)c1-3. The van der Waals surface area contributed by atoms with Crippen LogP contribution in [-0.4, -0.2) is 19.5 Å². The third kappa shape index (κ3) is 2.95. The first-order valence-corrected chi connectivity index (χ1v) is 10.6. The zero-order chi connectivity index (χ0) is 23.4. The van der Waals surface area contributed by atoms with Gasteiger partial charge >= 0.3 is 5.69 Å². The molecule has 0 amide bonds. The number of nitro groups is 1. The lowest BCUT2D eigenvalue weighted by molar-refractivity contribution is -0.384. The predicted octanol–water partition coefficient (Wildman–Crippen LogP) is 4.10. The molecule has 0 spiro atoms. The summed E-state index contributed by atoms with van der Waals surface area (Å²) < 4.78 is 1.90. The standard InChI is InChI=1S/C25H17N5O4/c31-24-18-13-29-22-17(14-6-2-1-3-7-14)10-5-11-19(22)26-20(23(29)21(18)27-25(32)28-24)15-8-4-9-16(12-15)30(33)34/h1-13,20,26H,(H2,27,28,31,32). The van der Waals surface area contributed by atoms with E-state index >= 15 is 0 Å². The molecular weight excluding hydrogens is 434 g/mol. The summed E-state index contributed by atoms with van der Waals surface area (Å²) in [6.45, 7) is 0. The average molecular weight is 451 g/mol. The minimum absolute atomic E-state index is 0.0446. The zero-order valence-electron chi connectivity index (χ0n) is 17.6. The van der Waals surface area contributed by atoms with Gasteiger partial charge in [0.15, 0.2) is 0 Å². The number of nitrogens with zero attached hydrogens (tertiary/aromatic N) is 2. The third-order valence-corrected chi connectivity index (χ3v) is 6.10. The van der Waals surface area contributed by atoms with Crippen molar-refractivity contribution >= 4 is 22.3 Å². The van der Waals surface area contributed by atoms with Crippen molar-refractivity contribution < 1.29 is 4.92 Å². The van der Waals surface area contributed by atoms with Gasteiger partial charge in [0.2, 0.25) is 0 Å². The Hall–Kier alpha value is -4.92. The van der Waals surface area contributed by atoms with Gasteiger partial charge in [-0.3, -0.25) is 19.9 Å². The second kappa shape index (κ2) is 7.31. The molecule has 1 unspecified atom stereocenters. The first-order chi connectivity index (χ1) is 16.5. The van der Waals surface area contributed by atoms with E-state index in [0.29, 0.717) is 22.2 Å². The zero-order valence-corrected chi connectivity index (χ0v) is 17.6. The van der Waals surface area contributed by atoms with Gasteiger partial charge in [-0.05, 0) is 17.2 Å². The van der Waals surface area contributed by atoms with E-state index in [0.717, 1.165) is 22.5 Å². The number of anilines is 1. The number of hydrogen-bond acceptors (Lipinski definition) is 5. The van der Waals surface area contributed by atoms with Crippen molar-refractivity contribution in [3.63, 3.8) is 0 Å². The summed E-state index contributed by atoms with van der Waals surface area (Å²) in [7, 11) is 0. The van der Waals surface area contributed by atoms with Crippen LogP contribution in [0.25, 0.3) is 27.7 Å². The molecule has 0 aliphatic carbocycles. The first-order valence-electron chi connectivity index (χ1n) is 10.6. The molecule has 1 aliphatic heterocycles. The lowest BCUT2D eigenvalue weighted by atomic mass is 9.96. The largest absolute Gasteiger partial charge is 0.371 e. The molecule has 0 radical (unpaired) electrons. The number of rotatable bonds is 3. The fourth-order valence-electron chi connectivity index (χ4n) is 4.66. The topological polar surface area (TPSA) is 126 Å². The van der Waals surface area contributed by atoms with Crippen molar-refractivity contribution in [2.24, 2.45) is 0 Å². The van der Waals surface area contributed by atoms with Crippen LogP contribution in [0.15, 0.2) is 88.6 Å². The molecular formula is C25H17N5O4. The molecule has 0 fully saturated rings. The smallest absolute Gasteiger partial charge is 0.326 e. The van der Waals surface area contributed by atoms with Gasteiger partial charge in [-0.2, -0.15) is 0 Å². The quantitative estimate of drug-likeness (QED) is 0.281. The van der Waals surface area contributed by atoms with Crippen molar-refractivity contribution in [2.75, 3.05) is 5.32 Å². The lowest BCUT2D eigenvalue weighted by Crippen LogP contribution is -2.25. The summed E-state index contributed by atoms with van der Waals surface area (Å²) in [6.07, 6.45) is 1.70. The third-order valence-electron chi connectivity index (χ3n) is 6.10. The molecule has 3 heterocycles. The second-order valence-corrected chi connectivity index (χ2v) is 8.08. The molecule has 0 saturated carbocycles. The molecule has 3 aromatic carbocycles. The fraction of sp³-hybridized carbons (Fsp3) is 0.0400. The molecule has 0 saturated heterocycles. The molecule has 2 aromatic heterocycles. The lowest BCUT2D eigenvalue weighted by Gasteiger charge is -2.31. The molecule has 5 aromatic rings. The average Bonchev–Trinajstić information content (AvgIpc) is 3.24. The van der Waals surface area contributed by atoms with Crippen molar-refractivity contribution in [1.29, 1.82) is 0 Å². The summed E-state index contributed by atoms with van der Waals surface area (Å²) in [5, 5.41) is 15.2. The van der Waals surface area contributed by atoms with Crippen LogP contribution in [0.4, 0.5) is 11.4 Å². The normalized spacial score (nSPS) is 14.3. The summed E-state index contributed by atoms with van der Waals surface area (Å²) in [6, 6.07) is 21.5. The number of H-pyrrole nitrogens is 2. The van der Waals surface area contributed by atoms with E-state index in [9.17, 15) is 19.7 Å². The number of aromatic amines is 2. The molecule has 1 aliphatic rings. The van der Waals surface area contributed by atoms with E-state index in [4.69, 9.17) is 0 Å². The van der Waals surface area contributed by atoms with E-state index in [1.807, 2.05) is 53.1 Å². The number of aromatic nitrogens is 3. The van der Waals surface area contributed by atoms with Crippen LogP contribution in [0, 0.1) is 10.1 Å². The maximum Gasteiger partial charge on any atom is 0.326 e. The van der Waals surface area contributed by atoms with E-state index in [-0.39, 0.29) is 5.69 Å². The van der Waals surface area contributed by atoms with Gasteiger partial charge in [-0.15, -0.1) is 0 Å². The van der Waals surface area contributed by atoms with Crippen LogP contribution in [0.1, 0.15) is 17.3 Å². The maximum absolute atomic E-state index is 12.7. The Morgan fingerprint density at radius 3 is 2.50 bits per heavy atom. The van der Waals surface area contributed by atoms with Gasteiger partial charge in [0.1, 0.15) is 0 Å². The molecule has 3 N–H and O–H groups in total. The van der Waals surface area contributed by atoms with E-state index in [2.05, 4.69) is 15.3 Å². The Morgan fingerprint density at radius 1 is 0.912 bits per heavy atom. The minimum Gasteiger partial charge on any atom is -0.371 e. The van der Waals surface area contributed by atoms with Gasteiger partial charge < -0.3 is 14.9 Å². The van der Waals surface area contributed by atoms with Crippen LogP contribution in [0.2, 0.25) is 0 Å². The van der Waals surface area contributed by atoms with Crippen molar-refractivity contribution in [3.8, 4) is 16.8 Å². The van der Waals surface area contributed by atoms with Gasteiger partial charge in [-0.25, -0.2) is 4.79 Å². The Kier molecular flexibility index (Phi) is 4.24. The molecule has 0 bridgehead atoms. The Balaban J connectivity index is 1.69. The van der Waals surface area contributed by atoms with Crippen LogP contribution >= 0.6 is 0 Å². The van der Waals surface area contributed by atoms with Crippen molar-refractivity contribution in [1.82, 2.24) is 14.5 Å². The summed E-state index contributed by atoms with van der Waals surface area (Å²) in [5.41, 5.74) is 4.00. The fourth-order valence-corrected chi connectivity index (χ4v) is 4.66. The minimum atomic E-state index is -0.619. The number of hydrogen-bond donors (Lipinski definition) is 3. The van der Waals surface area contributed by atoms with Gasteiger partial charge in [0.05, 0.1) is 38.9 Å². The number of non-ortho nitro benzene ring substituents is 1. The summed E-state index contributed by atoms with van der Waals surface area (Å²) in [5.74, 6) is 0. The van der Waals surface area contributed by atoms with Crippen LogP contribution < -0.4 is 16.6 Å². The van der Waals surface area contributed by atoms with Gasteiger partial charge in [0, 0.05) is 23.9 Å². The van der Waals surface area contributed by atoms with Gasteiger partial charge in [-0.1, -0.05) is 54.6 Å². The number of nitrogens with one attached hydrogen (secondary N) is 3. The number of benzene rings is 3. The highest BCUT2D eigenvalue weighted by Gasteiger charge is 2.31. The van der Waals surface area contributed by atoms with E-state index < -0.39 is 22.2 Å². The number of para-hydroxylation sites is 1. The van der Waals surface area contributed by atoms with Crippen molar-refractivity contribution in [3.05, 3.63) is 121 Å². The maximum atomic E-state index is 12.7.